The van der Waals surface area contributed by atoms with Gasteiger partial charge < -0.3 is 9.73 Å². The number of nitrogens with zero attached hydrogens (tertiary/aromatic N) is 1. The summed E-state index contributed by atoms with van der Waals surface area (Å²) in [5, 5.41) is 4.48. The molecule has 1 aliphatic rings. The molecule has 1 saturated heterocycles. The molecule has 0 saturated carbocycles. The van der Waals surface area contributed by atoms with Gasteiger partial charge in [-0.3, -0.25) is 4.90 Å². The molecule has 1 aliphatic heterocycles. The maximum Gasteiger partial charge on any atom is 0.134 e. The fourth-order valence-electron chi connectivity index (χ4n) is 3.23. The van der Waals surface area contributed by atoms with Gasteiger partial charge in [-0.1, -0.05) is 32.0 Å². The molecular weight excluding hydrogens is 248 g/mol. The molecule has 0 spiro atoms. The Morgan fingerprint density at radius 2 is 1.90 bits per heavy atom. The van der Waals surface area contributed by atoms with Gasteiger partial charge in [0.15, 0.2) is 0 Å². The van der Waals surface area contributed by atoms with Crippen LogP contribution in [0.5, 0.6) is 0 Å². The molecule has 3 heteroatoms. The minimum atomic E-state index is 0.793. The van der Waals surface area contributed by atoms with Crippen molar-refractivity contribution in [2.45, 2.75) is 26.9 Å². The van der Waals surface area contributed by atoms with Crippen LogP contribution in [0.1, 0.15) is 25.2 Å². The van der Waals surface area contributed by atoms with Crippen LogP contribution in [0.15, 0.2) is 28.7 Å². The molecule has 3 rings (SSSR count). The summed E-state index contributed by atoms with van der Waals surface area (Å²) in [6.45, 7) is 8.89. The van der Waals surface area contributed by atoms with Crippen molar-refractivity contribution in [2.75, 3.05) is 20.1 Å². The number of para-hydroxylation sites is 1. The van der Waals surface area contributed by atoms with E-state index in [1.54, 1.807) is 0 Å². The van der Waals surface area contributed by atoms with Crippen molar-refractivity contribution in [3.8, 4) is 0 Å². The fraction of sp³-hybridized carbons (Fsp3) is 0.529. The van der Waals surface area contributed by atoms with E-state index in [0.717, 1.165) is 36.3 Å². The molecule has 1 fully saturated rings. The lowest BCUT2D eigenvalue weighted by molar-refractivity contribution is 0.313. The van der Waals surface area contributed by atoms with Gasteiger partial charge in [0.1, 0.15) is 11.3 Å². The zero-order chi connectivity index (χ0) is 14.1. The number of fused-ring (bicyclic) bond motifs is 1. The van der Waals surface area contributed by atoms with Gasteiger partial charge in [0.2, 0.25) is 0 Å². The van der Waals surface area contributed by atoms with Crippen LogP contribution < -0.4 is 5.32 Å². The summed E-state index contributed by atoms with van der Waals surface area (Å²) in [5.41, 5.74) is 2.37. The Bertz CT molecular complexity index is 580. The highest BCUT2D eigenvalue weighted by atomic mass is 16.3. The second kappa shape index (κ2) is 5.58. The molecule has 1 aromatic heterocycles. The molecule has 1 aromatic carbocycles. The van der Waals surface area contributed by atoms with Crippen LogP contribution in [0, 0.1) is 11.8 Å². The van der Waals surface area contributed by atoms with Crippen molar-refractivity contribution in [1.82, 2.24) is 10.2 Å². The lowest BCUT2D eigenvalue weighted by atomic mass is 10.0. The van der Waals surface area contributed by atoms with E-state index >= 15 is 0 Å². The van der Waals surface area contributed by atoms with Gasteiger partial charge >= 0.3 is 0 Å². The van der Waals surface area contributed by atoms with Gasteiger partial charge in [-0.2, -0.15) is 0 Å². The van der Waals surface area contributed by atoms with Crippen molar-refractivity contribution in [1.29, 1.82) is 0 Å². The Labute approximate surface area is 120 Å². The van der Waals surface area contributed by atoms with Gasteiger partial charge in [-0.25, -0.2) is 0 Å². The molecule has 0 bridgehead atoms. The van der Waals surface area contributed by atoms with E-state index in [2.05, 4.69) is 42.3 Å². The number of likely N-dealkylation sites (tertiary alicyclic amines) is 1. The van der Waals surface area contributed by atoms with Gasteiger partial charge in [-0.05, 0) is 24.9 Å². The molecule has 2 unspecified atom stereocenters. The topological polar surface area (TPSA) is 28.4 Å². The van der Waals surface area contributed by atoms with Crippen LogP contribution in [0.2, 0.25) is 0 Å². The molecule has 1 N–H and O–H groups in total. The summed E-state index contributed by atoms with van der Waals surface area (Å²) in [4.78, 5) is 2.56. The van der Waals surface area contributed by atoms with E-state index < -0.39 is 0 Å². The van der Waals surface area contributed by atoms with Crippen LogP contribution in [-0.2, 0) is 13.1 Å². The fourth-order valence-corrected chi connectivity index (χ4v) is 3.23. The van der Waals surface area contributed by atoms with Crippen LogP contribution in [0.25, 0.3) is 11.0 Å². The summed E-state index contributed by atoms with van der Waals surface area (Å²) in [7, 11) is 1.97. The Morgan fingerprint density at radius 1 is 1.20 bits per heavy atom. The predicted octanol–water partition coefficient (Wildman–Crippen LogP) is 3.24. The first-order valence-corrected chi connectivity index (χ1v) is 7.55. The number of furan rings is 1. The average molecular weight is 272 g/mol. The monoisotopic (exact) mass is 272 g/mol. The third-order valence-corrected chi connectivity index (χ3v) is 4.56. The molecule has 2 atom stereocenters. The van der Waals surface area contributed by atoms with Crippen molar-refractivity contribution < 1.29 is 4.42 Å². The summed E-state index contributed by atoms with van der Waals surface area (Å²) < 4.78 is 6.01. The molecule has 2 heterocycles. The van der Waals surface area contributed by atoms with Crippen molar-refractivity contribution in [2.24, 2.45) is 11.8 Å². The van der Waals surface area contributed by atoms with Crippen LogP contribution >= 0.6 is 0 Å². The lowest BCUT2D eigenvalue weighted by Crippen LogP contribution is -2.21. The third-order valence-electron chi connectivity index (χ3n) is 4.56. The highest BCUT2D eigenvalue weighted by molar-refractivity contribution is 5.82. The Hall–Kier alpha value is -1.32. The van der Waals surface area contributed by atoms with Gasteiger partial charge in [0.25, 0.3) is 0 Å². The molecule has 0 amide bonds. The summed E-state index contributed by atoms with van der Waals surface area (Å²) in [6, 6.07) is 8.38. The maximum absolute atomic E-state index is 6.01. The highest BCUT2D eigenvalue weighted by Gasteiger charge is 2.27. The minimum absolute atomic E-state index is 0.793. The first-order valence-electron chi connectivity index (χ1n) is 7.55. The zero-order valence-corrected chi connectivity index (χ0v) is 12.6. The maximum atomic E-state index is 6.01. The van der Waals surface area contributed by atoms with Crippen LogP contribution in [-0.4, -0.2) is 25.0 Å². The number of nitrogens with one attached hydrogen (secondary N) is 1. The van der Waals surface area contributed by atoms with E-state index in [1.165, 1.54) is 24.0 Å². The average Bonchev–Trinajstić information content (AvgIpc) is 2.93. The summed E-state index contributed by atoms with van der Waals surface area (Å²) >= 11 is 0. The number of rotatable bonds is 4. The SMILES string of the molecule is CNCc1oc2ccccc2c1CN1CC(C)C(C)C1. The molecular formula is C17H24N2O. The number of benzene rings is 1. The first kappa shape index (κ1) is 13.7. The third kappa shape index (κ3) is 2.48. The Morgan fingerprint density at radius 3 is 2.60 bits per heavy atom. The highest BCUT2D eigenvalue weighted by Crippen LogP contribution is 2.30. The number of hydrogen-bond acceptors (Lipinski definition) is 3. The van der Waals surface area contributed by atoms with Gasteiger partial charge in [0, 0.05) is 30.6 Å². The smallest absolute Gasteiger partial charge is 0.134 e. The Balaban J connectivity index is 1.91. The molecule has 20 heavy (non-hydrogen) atoms. The quantitative estimate of drug-likeness (QED) is 0.926. The summed E-state index contributed by atoms with van der Waals surface area (Å²) in [6.07, 6.45) is 0. The molecule has 3 nitrogen and oxygen atoms in total. The molecule has 0 aliphatic carbocycles. The van der Waals surface area contributed by atoms with Crippen molar-refractivity contribution in [3.63, 3.8) is 0 Å². The van der Waals surface area contributed by atoms with E-state index in [4.69, 9.17) is 4.42 Å². The predicted molar refractivity (Wildman–Crippen MR) is 82.6 cm³/mol. The normalized spacial score (nSPS) is 23.8. The first-order chi connectivity index (χ1) is 9.69. The largest absolute Gasteiger partial charge is 0.459 e. The second-order valence-electron chi connectivity index (χ2n) is 6.18. The van der Waals surface area contributed by atoms with Gasteiger partial charge in [0.05, 0.1) is 6.54 Å². The molecule has 108 valence electrons. The van der Waals surface area contributed by atoms with Crippen LogP contribution in [0.3, 0.4) is 0 Å². The van der Waals surface area contributed by atoms with Crippen molar-refractivity contribution >= 4 is 11.0 Å². The van der Waals surface area contributed by atoms with Gasteiger partial charge in [-0.15, -0.1) is 0 Å². The molecule has 2 aromatic rings. The van der Waals surface area contributed by atoms with Crippen LogP contribution in [0.4, 0.5) is 0 Å². The van der Waals surface area contributed by atoms with E-state index in [-0.39, 0.29) is 0 Å². The second-order valence-corrected chi connectivity index (χ2v) is 6.18. The minimum Gasteiger partial charge on any atom is -0.459 e. The number of hydrogen-bond donors (Lipinski definition) is 1. The lowest BCUT2D eigenvalue weighted by Gasteiger charge is -2.15. The van der Waals surface area contributed by atoms with E-state index in [9.17, 15) is 0 Å². The standard InChI is InChI=1S/C17H24N2O/c1-12-9-19(10-13(12)2)11-15-14-6-4-5-7-16(14)20-17(15)8-18-3/h4-7,12-13,18H,8-11H2,1-3H3. The Kier molecular flexibility index (Phi) is 3.81. The van der Waals surface area contributed by atoms with Crippen molar-refractivity contribution in [3.05, 3.63) is 35.6 Å². The molecule has 0 radical (unpaired) electrons. The van der Waals surface area contributed by atoms with E-state index in [1.807, 2.05) is 13.1 Å². The summed E-state index contributed by atoms with van der Waals surface area (Å²) in [5.74, 6) is 2.67. The zero-order valence-electron chi connectivity index (χ0n) is 12.6. The van der Waals surface area contributed by atoms with E-state index in [0.29, 0.717) is 0 Å².